The first kappa shape index (κ1) is 11.9. The minimum absolute atomic E-state index is 0.0122. The molecule has 1 heterocycles. The van der Waals surface area contributed by atoms with Gasteiger partial charge in [0.05, 0.1) is 0 Å². The molecule has 2 aromatic carbocycles. The van der Waals surface area contributed by atoms with Gasteiger partial charge < -0.3 is 4.74 Å². The number of halogens is 1. The third kappa shape index (κ3) is 2.50. The summed E-state index contributed by atoms with van der Waals surface area (Å²) in [6.07, 6.45) is 0.362. The van der Waals surface area contributed by atoms with Crippen LogP contribution < -0.4 is 4.74 Å². The summed E-state index contributed by atoms with van der Waals surface area (Å²) in [5.41, 5.74) is 1.74. The number of ketones is 1. The molecule has 0 aliphatic carbocycles. The van der Waals surface area contributed by atoms with Gasteiger partial charge in [-0.3, -0.25) is 4.79 Å². The molecule has 0 N–H and O–H groups in total. The van der Waals surface area contributed by atoms with Gasteiger partial charge in [0, 0.05) is 12.8 Å². The molecule has 2 aromatic rings. The van der Waals surface area contributed by atoms with Gasteiger partial charge in [0.25, 0.3) is 0 Å². The summed E-state index contributed by atoms with van der Waals surface area (Å²) in [6.45, 7) is 0. The Morgan fingerprint density at radius 1 is 1.21 bits per heavy atom. The molecule has 1 unspecified atom stereocenters. The van der Waals surface area contributed by atoms with E-state index in [-0.39, 0.29) is 18.0 Å². The molecule has 0 bridgehead atoms. The number of rotatable bonds is 3. The summed E-state index contributed by atoms with van der Waals surface area (Å²) in [7, 11) is 0. The number of hydrogen-bond donors (Lipinski definition) is 0. The molecule has 96 valence electrons. The van der Waals surface area contributed by atoms with Crippen LogP contribution in [-0.4, -0.2) is 11.9 Å². The number of carbonyl (C=O) groups excluding carboxylic acids is 1. The van der Waals surface area contributed by atoms with Crippen molar-refractivity contribution in [2.45, 2.75) is 18.9 Å². The molecular formula is C16H13FO2. The Morgan fingerprint density at radius 2 is 2.05 bits per heavy atom. The number of benzene rings is 2. The average Bonchev–Trinajstić information content (AvgIpc) is 2.82. The lowest BCUT2D eigenvalue weighted by molar-refractivity contribution is -0.124. The fourth-order valence-electron chi connectivity index (χ4n) is 2.32. The van der Waals surface area contributed by atoms with Crippen molar-refractivity contribution >= 4 is 5.78 Å². The summed E-state index contributed by atoms with van der Waals surface area (Å²) in [6, 6.07) is 13.8. The van der Waals surface area contributed by atoms with E-state index in [9.17, 15) is 9.18 Å². The minimum Gasteiger partial charge on any atom is -0.482 e. The number of Topliss-reactive ketones (excluding diaryl/α,β-unsaturated/α-hetero) is 1. The summed E-state index contributed by atoms with van der Waals surface area (Å²) < 4.78 is 18.7. The first-order valence-corrected chi connectivity index (χ1v) is 6.24. The number of fused-ring (bicyclic) bond motifs is 1. The molecular weight excluding hydrogens is 243 g/mol. The third-order valence-corrected chi connectivity index (χ3v) is 3.27. The topological polar surface area (TPSA) is 26.3 Å². The predicted octanol–water partition coefficient (Wildman–Crippen LogP) is 2.94. The fourth-order valence-corrected chi connectivity index (χ4v) is 2.32. The largest absolute Gasteiger partial charge is 0.482 e. The Labute approximate surface area is 110 Å². The lowest BCUT2D eigenvalue weighted by Gasteiger charge is -2.09. The van der Waals surface area contributed by atoms with E-state index in [0.717, 1.165) is 11.3 Å². The maximum absolute atomic E-state index is 13.1. The molecule has 0 spiro atoms. The van der Waals surface area contributed by atoms with Gasteiger partial charge in [0.2, 0.25) is 0 Å². The van der Waals surface area contributed by atoms with Gasteiger partial charge in [0.1, 0.15) is 11.6 Å². The van der Waals surface area contributed by atoms with Gasteiger partial charge in [-0.05, 0) is 29.3 Å². The Kier molecular flexibility index (Phi) is 3.03. The van der Waals surface area contributed by atoms with E-state index in [0.29, 0.717) is 12.0 Å². The minimum atomic E-state index is -0.444. The molecule has 0 saturated carbocycles. The lowest BCUT2D eigenvalue weighted by Crippen LogP contribution is -2.26. The monoisotopic (exact) mass is 256 g/mol. The van der Waals surface area contributed by atoms with E-state index in [1.54, 1.807) is 12.1 Å². The molecule has 1 aliphatic heterocycles. The van der Waals surface area contributed by atoms with Crippen LogP contribution in [0.15, 0.2) is 48.5 Å². The van der Waals surface area contributed by atoms with E-state index < -0.39 is 6.10 Å². The second-order valence-electron chi connectivity index (χ2n) is 4.69. The second-order valence-corrected chi connectivity index (χ2v) is 4.69. The van der Waals surface area contributed by atoms with Gasteiger partial charge in [-0.15, -0.1) is 0 Å². The van der Waals surface area contributed by atoms with Crippen molar-refractivity contribution in [3.05, 3.63) is 65.5 Å². The molecule has 0 aromatic heterocycles. The first-order chi connectivity index (χ1) is 9.22. The number of ether oxygens (including phenoxy) is 1. The zero-order valence-corrected chi connectivity index (χ0v) is 10.3. The van der Waals surface area contributed by atoms with Crippen molar-refractivity contribution in [3.63, 3.8) is 0 Å². The molecule has 2 nitrogen and oxygen atoms in total. The summed E-state index contributed by atoms with van der Waals surface area (Å²) in [4.78, 5) is 12.1. The third-order valence-electron chi connectivity index (χ3n) is 3.27. The lowest BCUT2D eigenvalue weighted by atomic mass is 10.0. The maximum atomic E-state index is 13.1. The van der Waals surface area contributed by atoms with E-state index in [1.165, 1.54) is 12.1 Å². The summed E-state index contributed by atoms with van der Waals surface area (Å²) in [5, 5.41) is 0. The zero-order chi connectivity index (χ0) is 13.2. The van der Waals surface area contributed by atoms with Crippen LogP contribution in [0.5, 0.6) is 5.75 Å². The molecule has 1 aliphatic rings. The summed E-state index contributed by atoms with van der Waals surface area (Å²) >= 11 is 0. The van der Waals surface area contributed by atoms with Crippen LogP contribution in [0.2, 0.25) is 0 Å². The molecule has 1 atom stereocenters. The van der Waals surface area contributed by atoms with Gasteiger partial charge in [-0.2, -0.15) is 0 Å². The highest BCUT2D eigenvalue weighted by molar-refractivity contribution is 5.86. The molecule has 3 rings (SSSR count). The quantitative estimate of drug-likeness (QED) is 0.844. The van der Waals surface area contributed by atoms with Gasteiger partial charge in [-0.1, -0.05) is 30.3 Å². The highest BCUT2D eigenvalue weighted by atomic mass is 19.1. The van der Waals surface area contributed by atoms with Crippen LogP contribution in [0.3, 0.4) is 0 Å². The molecule has 0 saturated heterocycles. The Bertz CT molecular complexity index is 597. The molecule has 19 heavy (non-hydrogen) atoms. The van der Waals surface area contributed by atoms with E-state index in [4.69, 9.17) is 4.74 Å². The van der Waals surface area contributed by atoms with Crippen molar-refractivity contribution in [3.8, 4) is 5.75 Å². The Balaban J connectivity index is 1.70. The maximum Gasteiger partial charge on any atom is 0.177 e. The first-order valence-electron chi connectivity index (χ1n) is 6.24. The van der Waals surface area contributed by atoms with Crippen molar-refractivity contribution in [2.24, 2.45) is 0 Å². The van der Waals surface area contributed by atoms with Crippen LogP contribution in [-0.2, 0) is 17.6 Å². The highest BCUT2D eigenvalue weighted by Gasteiger charge is 2.28. The smallest absolute Gasteiger partial charge is 0.177 e. The normalized spacial score (nSPS) is 16.8. The molecule has 3 heteroatoms. The van der Waals surface area contributed by atoms with E-state index in [1.807, 2.05) is 24.3 Å². The summed E-state index contributed by atoms with van der Waals surface area (Å²) in [5.74, 6) is 0.447. The second kappa shape index (κ2) is 4.84. The van der Waals surface area contributed by atoms with Crippen LogP contribution in [0.4, 0.5) is 4.39 Å². The van der Waals surface area contributed by atoms with Crippen LogP contribution in [0.25, 0.3) is 0 Å². The number of carbonyl (C=O) groups is 1. The molecule has 0 amide bonds. The van der Waals surface area contributed by atoms with Crippen LogP contribution in [0, 0.1) is 5.82 Å². The van der Waals surface area contributed by atoms with Crippen molar-refractivity contribution in [2.75, 3.05) is 0 Å². The average molecular weight is 256 g/mol. The SMILES string of the molecule is O=C(Cc1cccc(F)c1)C1Cc2ccccc2O1. The van der Waals surface area contributed by atoms with E-state index >= 15 is 0 Å². The Morgan fingerprint density at radius 3 is 2.84 bits per heavy atom. The Hall–Kier alpha value is -2.16. The zero-order valence-electron chi connectivity index (χ0n) is 10.3. The van der Waals surface area contributed by atoms with Crippen molar-refractivity contribution in [1.29, 1.82) is 0 Å². The van der Waals surface area contributed by atoms with Crippen LogP contribution in [0.1, 0.15) is 11.1 Å². The highest BCUT2D eigenvalue weighted by Crippen LogP contribution is 2.28. The van der Waals surface area contributed by atoms with Crippen molar-refractivity contribution in [1.82, 2.24) is 0 Å². The number of para-hydroxylation sites is 1. The molecule has 0 radical (unpaired) electrons. The van der Waals surface area contributed by atoms with Gasteiger partial charge in [-0.25, -0.2) is 4.39 Å². The number of hydrogen-bond acceptors (Lipinski definition) is 2. The van der Waals surface area contributed by atoms with Gasteiger partial charge >= 0.3 is 0 Å². The van der Waals surface area contributed by atoms with Gasteiger partial charge in [0.15, 0.2) is 11.9 Å². The standard InChI is InChI=1S/C16H13FO2/c17-13-6-3-4-11(8-13)9-14(18)16-10-12-5-1-2-7-15(12)19-16/h1-8,16H,9-10H2. The van der Waals surface area contributed by atoms with Crippen molar-refractivity contribution < 1.29 is 13.9 Å². The van der Waals surface area contributed by atoms with Crippen LogP contribution >= 0.6 is 0 Å². The fraction of sp³-hybridized carbons (Fsp3) is 0.188. The molecule has 0 fully saturated rings. The van der Waals surface area contributed by atoms with E-state index in [2.05, 4.69) is 0 Å². The predicted molar refractivity (Wildman–Crippen MR) is 69.7 cm³/mol.